The van der Waals surface area contributed by atoms with Crippen LogP contribution in [0.3, 0.4) is 0 Å². The van der Waals surface area contributed by atoms with Gasteiger partial charge in [-0.3, -0.25) is 0 Å². The van der Waals surface area contributed by atoms with Crippen LogP contribution in [0, 0.1) is 5.92 Å². The number of aromatic nitrogens is 3. The van der Waals surface area contributed by atoms with Gasteiger partial charge in [0.15, 0.2) is 5.82 Å². The molecule has 1 aromatic heterocycles. The fourth-order valence-corrected chi connectivity index (χ4v) is 1.98. The third-order valence-corrected chi connectivity index (χ3v) is 3.14. The smallest absolute Gasteiger partial charge is 0.326 e. The Morgan fingerprint density at radius 2 is 2.16 bits per heavy atom. The molecule has 2 rings (SSSR count). The molecule has 0 radical (unpaired) electrons. The molecule has 2 heterocycles. The number of carbonyl (C=O) groups excluding carboxylic acids is 1. The number of nitrogens with zero attached hydrogens (tertiary/aromatic N) is 4. The summed E-state index contributed by atoms with van der Waals surface area (Å²) in [6.07, 6.45) is 1.62. The molecule has 0 saturated heterocycles. The molecule has 0 fully saturated rings. The highest BCUT2D eigenvalue weighted by molar-refractivity contribution is 5.82. The van der Waals surface area contributed by atoms with Crippen molar-refractivity contribution in [3.63, 3.8) is 0 Å². The van der Waals surface area contributed by atoms with Crippen LogP contribution < -0.4 is 5.32 Å². The van der Waals surface area contributed by atoms with E-state index in [9.17, 15) is 9.59 Å². The van der Waals surface area contributed by atoms with Crippen molar-refractivity contribution in [2.45, 2.75) is 33.0 Å². The van der Waals surface area contributed by atoms with Gasteiger partial charge in [0.25, 0.3) is 0 Å². The first-order valence-corrected chi connectivity index (χ1v) is 6.14. The van der Waals surface area contributed by atoms with Gasteiger partial charge in [0.1, 0.15) is 12.4 Å². The number of fused-ring (bicyclic) bond motifs is 1. The molecule has 0 unspecified atom stereocenters. The third kappa shape index (κ3) is 2.83. The van der Waals surface area contributed by atoms with E-state index in [1.54, 1.807) is 25.1 Å². The quantitative estimate of drug-likeness (QED) is 0.797. The van der Waals surface area contributed by atoms with Crippen LogP contribution in [-0.2, 0) is 17.9 Å². The molecule has 8 heteroatoms. The maximum absolute atomic E-state index is 12.0. The molecule has 1 aliphatic rings. The monoisotopic (exact) mass is 267 g/mol. The molecule has 1 aliphatic heterocycles. The lowest BCUT2D eigenvalue weighted by Crippen LogP contribution is -2.51. The number of carboxylic acids is 1. The summed E-state index contributed by atoms with van der Waals surface area (Å²) in [5.74, 6) is -0.490. The van der Waals surface area contributed by atoms with Gasteiger partial charge in [0.05, 0.1) is 6.54 Å². The van der Waals surface area contributed by atoms with Gasteiger partial charge in [-0.15, -0.1) is 10.2 Å². The van der Waals surface area contributed by atoms with Crippen LogP contribution >= 0.6 is 0 Å². The van der Waals surface area contributed by atoms with Crippen molar-refractivity contribution in [2.75, 3.05) is 6.54 Å². The summed E-state index contributed by atoms with van der Waals surface area (Å²) in [5, 5.41) is 19.3. The molecular weight excluding hydrogens is 250 g/mol. The van der Waals surface area contributed by atoms with Crippen molar-refractivity contribution in [3.8, 4) is 0 Å². The average molecular weight is 267 g/mol. The largest absolute Gasteiger partial charge is 0.480 e. The number of carboxylic acid groups (broad SMARTS) is 1. The normalized spacial score (nSPS) is 16.1. The van der Waals surface area contributed by atoms with E-state index in [2.05, 4.69) is 15.5 Å². The molecule has 0 saturated carbocycles. The zero-order chi connectivity index (χ0) is 14.0. The van der Waals surface area contributed by atoms with Crippen molar-refractivity contribution in [2.24, 2.45) is 5.92 Å². The predicted molar refractivity (Wildman–Crippen MR) is 65.2 cm³/mol. The van der Waals surface area contributed by atoms with Crippen molar-refractivity contribution in [3.05, 3.63) is 12.2 Å². The minimum atomic E-state index is -1.02. The van der Waals surface area contributed by atoms with Crippen LogP contribution in [0.5, 0.6) is 0 Å². The number of urea groups is 1. The van der Waals surface area contributed by atoms with Gasteiger partial charge in [-0.25, -0.2) is 9.59 Å². The summed E-state index contributed by atoms with van der Waals surface area (Å²) >= 11 is 0. The van der Waals surface area contributed by atoms with E-state index in [1.165, 1.54) is 0 Å². The Bertz CT molecular complexity index is 484. The van der Waals surface area contributed by atoms with Crippen LogP contribution in [0.2, 0.25) is 0 Å². The molecule has 0 aromatic carbocycles. The number of hydrogen-bond donors (Lipinski definition) is 2. The van der Waals surface area contributed by atoms with Crippen molar-refractivity contribution >= 4 is 12.0 Å². The molecule has 1 aromatic rings. The minimum absolute atomic E-state index is 0.171. The van der Waals surface area contributed by atoms with Gasteiger partial charge in [-0.2, -0.15) is 0 Å². The second-order valence-corrected chi connectivity index (χ2v) is 4.87. The van der Waals surface area contributed by atoms with E-state index in [1.807, 2.05) is 4.57 Å². The highest BCUT2D eigenvalue weighted by Crippen LogP contribution is 2.10. The molecule has 8 nitrogen and oxygen atoms in total. The Labute approximate surface area is 110 Å². The Morgan fingerprint density at radius 3 is 2.79 bits per heavy atom. The summed E-state index contributed by atoms with van der Waals surface area (Å²) in [6, 6.07) is -1.26. The molecule has 0 aliphatic carbocycles. The van der Waals surface area contributed by atoms with E-state index in [0.717, 1.165) is 0 Å². The van der Waals surface area contributed by atoms with Crippen molar-refractivity contribution in [1.82, 2.24) is 25.0 Å². The Balaban J connectivity index is 2.00. The van der Waals surface area contributed by atoms with Gasteiger partial charge >= 0.3 is 12.0 Å². The van der Waals surface area contributed by atoms with Crippen molar-refractivity contribution < 1.29 is 14.7 Å². The van der Waals surface area contributed by atoms with Gasteiger partial charge in [-0.05, 0) is 5.92 Å². The summed E-state index contributed by atoms with van der Waals surface area (Å²) in [4.78, 5) is 24.6. The van der Waals surface area contributed by atoms with Gasteiger partial charge in [-0.1, -0.05) is 13.8 Å². The number of aliphatic carboxylic acids is 1. The molecular formula is C11H17N5O3. The van der Waals surface area contributed by atoms with E-state index < -0.39 is 12.0 Å². The fourth-order valence-electron chi connectivity index (χ4n) is 1.98. The molecule has 104 valence electrons. The molecule has 1 atom stereocenters. The molecule has 2 amide bonds. The summed E-state index contributed by atoms with van der Waals surface area (Å²) < 4.78 is 1.88. The molecule has 0 spiro atoms. The van der Waals surface area contributed by atoms with Crippen molar-refractivity contribution in [1.29, 1.82) is 0 Å². The minimum Gasteiger partial charge on any atom is -0.480 e. The van der Waals surface area contributed by atoms with Crippen LogP contribution in [0.15, 0.2) is 6.33 Å². The van der Waals surface area contributed by atoms with Gasteiger partial charge < -0.3 is 19.9 Å². The second kappa shape index (κ2) is 5.25. The first kappa shape index (κ1) is 13.3. The maximum Gasteiger partial charge on any atom is 0.326 e. The zero-order valence-corrected chi connectivity index (χ0v) is 10.9. The Morgan fingerprint density at radius 1 is 1.42 bits per heavy atom. The number of carbonyl (C=O) groups is 2. The second-order valence-electron chi connectivity index (χ2n) is 4.87. The number of amides is 2. The Hall–Kier alpha value is -2.12. The molecule has 2 N–H and O–H groups in total. The van der Waals surface area contributed by atoms with E-state index >= 15 is 0 Å². The molecule has 19 heavy (non-hydrogen) atoms. The predicted octanol–water partition coefficient (Wildman–Crippen LogP) is -0.0875. The first-order chi connectivity index (χ1) is 8.99. The standard InChI is InChI=1S/C11H17N5O3/c1-7(2)9(10(17)18)13-11(19)15-3-4-16-6-12-14-8(16)5-15/h6-7,9H,3-5H2,1-2H3,(H,13,19)(H,17,18)/t9-/m1/s1. The zero-order valence-electron chi connectivity index (χ0n) is 10.9. The van der Waals surface area contributed by atoms with E-state index in [0.29, 0.717) is 25.5 Å². The topological polar surface area (TPSA) is 100 Å². The first-order valence-electron chi connectivity index (χ1n) is 6.14. The third-order valence-electron chi connectivity index (χ3n) is 3.14. The lowest BCUT2D eigenvalue weighted by Gasteiger charge is -2.29. The van der Waals surface area contributed by atoms with Crippen LogP contribution in [0.1, 0.15) is 19.7 Å². The summed E-state index contributed by atoms with van der Waals surface area (Å²) in [6.45, 7) is 4.99. The van der Waals surface area contributed by atoms with E-state index in [-0.39, 0.29) is 11.9 Å². The Kier molecular flexibility index (Phi) is 3.68. The lowest BCUT2D eigenvalue weighted by atomic mass is 10.1. The van der Waals surface area contributed by atoms with Crippen LogP contribution in [0.25, 0.3) is 0 Å². The maximum atomic E-state index is 12.0. The molecule has 0 bridgehead atoms. The summed E-state index contributed by atoms with van der Waals surface area (Å²) in [5.41, 5.74) is 0. The van der Waals surface area contributed by atoms with Gasteiger partial charge in [0, 0.05) is 13.1 Å². The summed E-state index contributed by atoms with van der Waals surface area (Å²) in [7, 11) is 0. The average Bonchev–Trinajstić information content (AvgIpc) is 2.81. The number of hydrogen-bond acceptors (Lipinski definition) is 4. The fraction of sp³-hybridized carbons (Fsp3) is 0.636. The number of nitrogens with one attached hydrogen (secondary N) is 1. The highest BCUT2D eigenvalue weighted by atomic mass is 16.4. The SMILES string of the molecule is CC(C)[C@@H](NC(=O)N1CCn2cnnc2C1)C(=O)O. The van der Waals surface area contributed by atoms with Crippen LogP contribution in [-0.4, -0.2) is 49.4 Å². The highest BCUT2D eigenvalue weighted by Gasteiger charge is 2.28. The van der Waals surface area contributed by atoms with Crippen LogP contribution in [0.4, 0.5) is 4.79 Å². The lowest BCUT2D eigenvalue weighted by molar-refractivity contribution is -0.140. The van der Waals surface area contributed by atoms with E-state index in [4.69, 9.17) is 5.11 Å². The number of rotatable bonds is 3. The van der Waals surface area contributed by atoms with Gasteiger partial charge in [0.2, 0.25) is 0 Å².